The van der Waals surface area contributed by atoms with Gasteiger partial charge in [0.1, 0.15) is 5.69 Å². The Morgan fingerprint density at radius 1 is 1.67 bits per heavy atom. The first-order chi connectivity index (χ1) is 7.24. The molecule has 1 aromatic heterocycles. The van der Waals surface area contributed by atoms with E-state index in [2.05, 4.69) is 5.10 Å². The zero-order valence-corrected chi connectivity index (χ0v) is 8.21. The van der Waals surface area contributed by atoms with Crippen molar-refractivity contribution in [3.05, 3.63) is 24.0 Å². The number of hydrogen-bond donors (Lipinski definition) is 0. The largest absolute Gasteiger partial charge is 0.465 e. The van der Waals surface area contributed by atoms with Crippen LogP contribution in [-0.2, 0) is 9.53 Å². The number of fused-ring (bicyclic) bond motifs is 1. The van der Waals surface area contributed by atoms with Crippen molar-refractivity contribution >= 4 is 18.0 Å². The minimum atomic E-state index is -0.896. The third-order valence-corrected chi connectivity index (χ3v) is 2.14. The molecule has 0 amide bonds. The Bertz CT molecular complexity index is 434. The number of ketones is 1. The van der Waals surface area contributed by atoms with Crippen LogP contribution < -0.4 is 0 Å². The molecule has 0 spiro atoms. The lowest BCUT2D eigenvalue weighted by atomic mass is 10.0. The van der Waals surface area contributed by atoms with E-state index in [1.54, 1.807) is 25.3 Å². The van der Waals surface area contributed by atoms with Gasteiger partial charge in [-0.2, -0.15) is 5.10 Å². The SMILES string of the molecule is CCOC(=O)[C@@H]1C=Nn2cccc2C1=O. The van der Waals surface area contributed by atoms with Gasteiger partial charge >= 0.3 is 5.97 Å². The molecule has 0 aliphatic carbocycles. The summed E-state index contributed by atoms with van der Waals surface area (Å²) in [5.74, 6) is -1.71. The van der Waals surface area contributed by atoms with Crippen molar-refractivity contribution in [3.63, 3.8) is 0 Å². The van der Waals surface area contributed by atoms with Crippen molar-refractivity contribution in [2.24, 2.45) is 11.0 Å². The smallest absolute Gasteiger partial charge is 0.322 e. The average molecular weight is 206 g/mol. The van der Waals surface area contributed by atoms with Crippen LogP contribution in [-0.4, -0.2) is 29.3 Å². The van der Waals surface area contributed by atoms with Crippen LogP contribution in [0.1, 0.15) is 17.4 Å². The molecule has 0 aromatic carbocycles. The molecule has 1 aromatic rings. The molecule has 0 N–H and O–H groups in total. The Hall–Kier alpha value is -1.91. The maximum Gasteiger partial charge on any atom is 0.322 e. The van der Waals surface area contributed by atoms with E-state index in [-0.39, 0.29) is 12.4 Å². The second-order valence-corrected chi connectivity index (χ2v) is 3.10. The van der Waals surface area contributed by atoms with Gasteiger partial charge < -0.3 is 4.74 Å². The second-order valence-electron chi connectivity index (χ2n) is 3.10. The molecule has 78 valence electrons. The fraction of sp³-hybridized carbons (Fsp3) is 0.300. The molecular weight excluding hydrogens is 196 g/mol. The number of esters is 1. The van der Waals surface area contributed by atoms with Crippen molar-refractivity contribution in [3.8, 4) is 0 Å². The van der Waals surface area contributed by atoms with E-state index < -0.39 is 11.9 Å². The van der Waals surface area contributed by atoms with Crippen LogP contribution in [0.5, 0.6) is 0 Å². The maximum atomic E-state index is 11.8. The van der Waals surface area contributed by atoms with E-state index in [0.29, 0.717) is 5.69 Å². The van der Waals surface area contributed by atoms with E-state index >= 15 is 0 Å². The summed E-state index contributed by atoms with van der Waals surface area (Å²) in [6.07, 6.45) is 2.97. The minimum absolute atomic E-state index is 0.261. The van der Waals surface area contributed by atoms with Crippen LogP contribution in [0, 0.1) is 5.92 Å². The quantitative estimate of drug-likeness (QED) is 0.528. The molecule has 15 heavy (non-hydrogen) atoms. The highest BCUT2D eigenvalue weighted by atomic mass is 16.5. The predicted molar refractivity (Wildman–Crippen MR) is 52.8 cm³/mol. The molecule has 0 fully saturated rings. The molecule has 0 saturated heterocycles. The summed E-state index contributed by atoms with van der Waals surface area (Å²) in [7, 11) is 0. The van der Waals surface area contributed by atoms with Crippen LogP contribution in [0.15, 0.2) is 23.4 Å². The van der Waals surface area contributed by atoms with Gasteiger partial charge in [-0.25, -0.2) is 4.68 Å². The number of aromatic nitrogens is 1. The summed E-state index contributed by atoms with van der Waals surface area (Å²) >= 11 is 0. The maximum absolute atomic E-state index is 11.8. The summed E-state index contributed by atoms with van der Waals surface area (Å²) in [5.41, 5.74) is 0.413. The minimum Gasteiger partial charge on any atom is -0.465 e. The van der Waals surface area contributed by atoms with Gasteiger partial charge in [-0.15, -0.1) is 0 Å². The van der Waals surface area contributed by atoms with Crippen LogP contribution in [0.4, 0.5) is 0 Å². The first kappa shape index (κ1) is 9.64. The summed E-state index contributed by atoms with van der Waals surface area (Å²) in [6.45, 7) is 1.96. The van der Waals surface area contributed by atoms with Gasteiger partial charge in [0, 0.05) is 12.4 Å². The van der Waals surface area contributed by atoms with E-state index in [0.717, 1.165) is 0 Å². The monoisotopic (exact) mass is 206 g/mol. The zero-order valence-electron chi connectivity index (χ0n) is 8.21. The van der Waals surface area contributed by atoms with Gasteiger partial charge in [0.15, 0.2) is 5.92 Å². The van der Waals surface area contributed by atoms with Crippen molar-refractivity contribution in [2.45, 2.75) is 6.92 Å². The highest BCUT2D eigenvalue weighted by Gasteiger charge is 2.31. The van der Waals surface area contributed by atoms with Crippen molar-refractivity contribution < 1.29 is 14.3 Å². The molecule has 2 rings (SSSR count). The molecule has 0 radical (unpaired) electrons. The normalized spacial score (nSPS) is 18.7. The average Bonchev–Trinajstić information content (AvgIpc) is 2.67. The van der Waals surface area contributed by atoms with Crippen LogP contribution in [0.2, 0.25) is 0 Å². The van der Waals surface area contributed by atoms with E-state index in [1.807, 2.05) is 0 Å². The first-order valence-corrected chi connectivity index (χ1v) is 4.66. The number of carbonyl (C=O) groups is 2. The van der Waals surface area contributed by atoms with Crippen LogP contribution >= 0.6 is 0 Å². The lowest BCUT2D eigenvalue weighted by molar-refractivity contribution is -0.144. The second kappa shape index (κ2) is 3.68. The van der Waals surface area contributed by atoms with Crippen molar-refractivity contribution in [1.82, 2.24) is 4.68 Å². The Labute approximate surface area is 86.3 Å². The molecule has 1 aliphatic heterocycles. The van der Waals surface area contributed by atoms with E-state index in [4.69, 9.17) is 4.74 Å². The van der Waals surface area contributed by atoms with E-state index in [9.17, 15) is 9.59 Å². The Morgan fingerprint density at radius 2 is 2.47 bits per heavy atom. The topological polar surface area (TPSA) is 60.7 Å². The van der Waals surface area contributed by atoms with Crippen molar-refractivity contribution in [2.75, 3.05) is 6.61 Å². The molecule has 0 bridgehead atoms. The standard InChI is InChI=1S/C10H10N2O3/c1-2-15-10(14)7-6-11-12-5-3-4-8(12)9(7)13/h3-7H,2H2,1H3/t7-/m1/s1. The molecule has 5 heteroatoms. The molecule has 0 saturated carbocycles. The zero-order chi connectivity index (χ0) is 10.8. The van der Waals surface area contributed by atoms with Gasteiger partial charge in [-0.3, -0.25) is 9.59 Å². The lowest BCUT2D eigenvalue weighted by Gasteiger charge is -2.14. The number of ether oxygens (including phenoxy) is 1. The van der Waals surface area contributed by atoms with Gasteiger partial charge in [0.25, 0.3) is 0 Å². The molecule has 0 unspecified atom stereocenters. The summed E-state index contributed by atoms with van der Waals surface area (Å²) in [6, 6.07) is 3.34. The number of carbonyl (C=O) groups excluding carboxylic acids is 2. The third kappa shape index (κ3) is 1.56. The Balaban J connectivity index is 2.26. The molecule has 2 heterocycles. The lowest BCUT2D eigenvalue weighted by Crippen LogP contribution is -2.31. The number of Topliss-reactive ketones (excluding diaryl/α,β-unsaturated/α-hetero) is 1. The molecule has 5 nitrogen and oxygen atoms in total. The number of hydrogen-bond acceptors (Lipinski definition) is 4. The third-order valence-electron chi connectivity index (χ3n) is 2.14. The van der Waals surface area contributed by atoms with Crippen LogP contribution in [0.25, 0.3) is 0 Å². The Morgan fingerprint density at radius 3 is 3.20 bits per heavy atom. The first-order valence-electron chi connectivity index (χ1n) is 4.66. The fourth-order valence-electron chi connectivity index (χ4n) is 1.43. The molecule has 1 atom stereocenters. The number of nitrogens with zero attached hydrogens (tertiary/aromatic N) is 2. The summed E-state index contributed by atoms with van der Waals surface area (Å²) in [4.78, 5) is 23.2. The van der Waals surface area contributed by atoms with Gasteiger partial charge in [-0.1, -0.05) is 0 Å². The predicted octanol–water partition coefficient (Wildman–Crippen LogP) is 0.698. The Kier molecular flexibility index (Phi) is 2.37. The van der Waals surface area contributed by atoms with E-state index in [1.165, 1.54) is 10.9 Å². The van der Waals surface area contributed by atoms with Crippen LogP contribution in [0.3, 0.4) is 0 Å². The van der Waals surface area contributed by atoms with Gasteiger partial charge in [-0.05, 0) is 19.1 Å². The van der Waals surface area contributed by atoms with Crippen molar-refractivity contribution in [1.29, 1.82) is 0 Å². The highest BCUT2D eigenvalue weighted by Crippen LogP contribution is 2.15. The molecule has 1 aliphatic rings. The number of rotatable bonds is 2. The molecular formula is C10H10N2O3. The van der Waals surface area contributed by atoms with Gasteiger partial charge in [0.2, 0.25) is 5.78 Å². The summed E-state index contributed by atoms with van der Waals surface area (Å²) < 4.78 is 6.23. The fourth-order valence-corrected chi connectivity index (χ4v) is 1.43. The summed E-state index contributed by atoms with van der Waals surface area (Å²) in [5, 5.41) is 3.96. The highest BCUT2D eigenvalue weighted by molar-refractivity contribution is 6.18. The van der Waals surface area contributed by atoms with Gasteiger partial charge in [0.05, 0.1) is 6.61 Å².